The molecule has 0 spiro atoms. The Balaban J connectivity index is 1.47. The Kier molecular flexibility index (Phi) is 5.66. The summed E-state index contributed by atoms with van der Waals surface area (Å²) in [6.45, 7) is 4.15. The standard InChI is InChI=1S/C25H25ClN4O3/c1-15-10-11-19(12-16(15)2)30-24(31)20-8-3-4-9-21(20)29(25(30)32)14-22-27-23(28-33-22)17-6-5-7-18(26)13-17/h5-7,10-13,20-21H,3-4,8-9,14H2,1-2H3. The molecule has 3 amide bonds. The van der Waals surface area contributed by atoms with Crippen LogP contribution in [-0.4, -0.2) is 33.0 Å². The molecule has 33 heavy (non-hydrogen) atoms. The number of anilines is 1. The lowest BCUT2D eigenvalue weighted by atomic mass is 9.81. The second-order valence-electron chi connectivity index (χ2n) is 8.83. The number of carbonyl (C=O) groups excluding carboxylic acids is 2. The molecule has 1 aliphatic heterocycles. The topological polar surface area (TPSA) is 79.5 Å². The fourth-order valence-electron chi connectivity index (χ4n) is 4.80. The van der Waals surface area contributed by atoms with Gasteiger partial charge in [-0.15, -0.1) is 0 Å². The molecule has 2 heterocycles. The monoisotopic (exact) mass is 464 g/mol. The van der Waals surface area contributed by atoms with E-state index in [0.717, 1.165) is 42.4 Å². The number of amides is 3. The van der Waals surface area contributed by atoms with Gasteiger partial charge in [-0.1, -0.05) is 47.8 Å². The Bertz CT molecular complexity index is 1220. The Morgan fingerprint density at radius 3 is 2.67 bits per heavy atom. The Morgan fingerprint density at radius 2 is 1.88 bits per heavy atom. The van der Waals surface area contributed by atoms with E-state index in [1.807, 2.05) is 44.2 Å². The average Bonchev–Trinajstić information content (AvgIpc) is 3.28. The van der Waals surface area contributed by atoms with Crippen molar-refractivity contribution in [1.82, 2.24) is 15.0 Å². The van der Waals surface area contributed by atoms with E-state index in [4.69, 9.17) is 16.1 Å². The highest BCUT2D eigenvalue weighted by atomic mass is 35.5. The van der Waals surface area contributed by atoms with Crippen molar-refractivity contribution in [3.8, 4) is 11.4 Å². The average molecular weight is 465 g/mol. The number of carbonyl (C=O) groups is 2. The van der Waals surface area contributed by atoms with Gasteiger partial charge in [-0.2, -0.15) is 4.98 Å². The summed E-state index contributed by atoms with van der Waals surface area (Å²) in [5.74, 6) is 0.402. The van der Waals surface area contributed by atoms with Gasteiger partial charge in [-0.25, -0.2) is 9.69 Å². The molecule has 2 aromatic carbocycles. The first-order chi connectivity index (χ1) is 15.9. The van der Waals surface area contributed by atoms with E-state index in [-0.39, 0.29) is 30.4 Å². The Hall–Kier alpha value is -3.19. The van der Waals surface area contributed by atoms with Crippen molar-refractivity contribution in [2.45, 2.75) is 52.1 Å². The fourth-order valence-corrected chi connectivity index (χ4v) is 4.99. The zero-order chi connectivity index (χ0) is 23.1. The van der Waals surface area contributed by atoms with Crippen molar-refractivity contribution in [2.24, 2.45) is 5.92 Å². The lowest BCUT2D eigenvalue weighted by Crippen LogP contribution is -2.62. The van der Waals surface area contributed by atoms with Crippen molar-refractivity contribution in [3.63, 3.8) is 0 Å². The van der Waals surface area contributed by atoms with Crippen LogP contribution in [0.3, 0.4) is 0 Å². The van der Waals surface area contributed by atoms with Gasteiger partial charge in [0.25, 0.3) is 0 Å². The summed E-state index contributed by atoms with van der Waals surface area (Å²) in [6, 6.07) is 12.4. The predicted molar refractivity (Wildman–Crippen MR) is 125 cm³/mol. The molecule has 1 saturated heterocycles. The molecule has 1 aromatic heterocycles. The van der Waals surface area contributed by atoms with E-state index in [0.29, 0.717) is 22.4 Å². The molecular weight excluding hydrogens is 440 g/mol. The maximum absolute atomic E-state index is 13.6. The van der Waals surface area contributed by atoms with Crippen LogP contribution in [0.25, 0.3) is 11.4 Å². The number of imide groups is 1. The first-order valence-corrected chi connectivity index (χ1v) is 11.6. The molecule has 8 heteroatoms. The highest BCUT2D eigenvalue weighted by Gasteiger charge is 2.48. The third-order valence-electron chi connectivity index (χ3n) is 6.71. The summed E-state index contributed by atoms with van der Waals surface area (Å²) in [5, 5.41) is 4.65. The predicted octanol–water partition coefficient (Wildman–Crippen LogP) is 5.53. The second-order valence-corrected chi connectivity index (χ2v) is 9.27. The molecule has 2 atom stereocenters. The van der Waals surface area contributed by atoms with Gasteiger partial charge < -0.3 is 9.42 Å². The molecule has 170 valence electrons. The third kappa shape index (κ3) is 4.02. The summed E-state index contributed by atoms with van der Waals surface area (Å²) in [4.78, 5) is 34.6. The van der Waals surface area contributed by atoms with Crippen LogP contribution < -0.4 is 4.90 Å². The van der Waals surface area contributed by atoms with Gasteiger partial charge in [0.1, 0.15) is 6.54 Å². The minimum Gasteiger partial charge on any atom is -0.337 e. The maximum Gasteiger partial charge on any atom is 0.332 e. The molecule has 3 aromatic rings. The highest BCUT2D eigenvalue weighted by Crippen LogP contribution is 2.37. The van der Waals surface area contributed by atoms with Crippen LogP contribution in [0.5, 0.6) is 0 Å². The number of aromatic nitrogens is 2. The Morgan fingerprint density at radius 1 is 1.06 bits per heavy atom. The van der Waals surface area contributed by atoms with Gasteiger partial charge in [-0.3, -0.25) is 4.79 Å². The summed E-state index contributed by atoms with van der Waals surface area (Å²) in [6.07, 6.45) is 3.53. The smallest absolute Gasteiger partial charge is 0.332 e. The number of hydrogen-bond donors (Lipinski definition) is 0. The van der Waals surface area contributed by atoms with Gasteiger partial charge in [0.05, 0.1) is 11.6 Å². The third-order valence-corrected chi connectivity index (χ3v) is 6.94. The zero-order valence-electron chi connectivity index (χ0n) is 18.6. The number of nitrogens with zero attached hydrogens (tertiary/aromatic N) is 4. The van der Waals surface area contributed by atoms with E-state index in [1.54, 1.807) is 17.0 Å². The minimum atomic E-state index is -0.339. The number of hydrogen-bond acceptors (Lipinski definition) is 5. The molecular formula is C25H25ClN4O3. The number of aryl methyl sites for hydroxylation is 2. The van der Waals surface area contributed by atoms with Crippen LogP contribution in [0.15, 0.2) is 47.0 Å². The highest BCUT2D eigenvalue weighted by molar-refractivity contribution is 6.30. The number of halogens is 1. The number of fused-ring (bicyclic) bond motifs is 1. The Labute approximate surface area is 197 Å². The molecule has 0 radical (unpaired) electrons. The van der Waals surface area contributed by atoms with Gasteiger partial charge in [0.15, 0.2) is 0 Å². The SMILES string of the molecule is Cc1ccc(N2C(=O)C3CCCCC3N(Cc3nc(-c4cccc(Cl)c4)no3)C2=O)cc1C. The van der Waals surface area contributed by atoms with Crippen LogP contribution in [-0.2, 0) is 11.3 Å². The van der Waals surface area contributed by atoms with Crippen LogP contribution >= 0.6 is 11.6 Å². The molecule has 0 N–H and O–H groups in total. The minimum absolute atomic E-state index is 0.116. The van der Waals surface area contributed by atoms with E-state index >= 15 is 0 Å². The number of urea groups is 1. The van der Waals surface area contributed by atoms with Gasteiger partial charge in [0, 0.05) is 16.6 Å². The largest absolute Gasteiger partial charge is 0.337 e. The van der Waals surface area contributed by atoms with Crippen molar-refractivity contribution >= 4 is 29.2 Å². The lowest BCUT2D eigenvalue weighted by molar-refractivity contribution is -0.127. The first kappa shape index (κ1) is 21.6. The molecule has 2 unspecified atom stereocenters. The lowest BCUT2D eigenvalue weighted by Gasteiger charge is -2.46. The molecule has 2 fully saturated rings. The zero-order valence-corrected chi connectivity index (χ0v) is 19.4. The fraction of sp³-hybridized carbons (Fsp3) is 0.360. The maximum atomic E-state index is 13.6. The second kappa shape index (κ2) is 8.63. The van der Waals surface area contributed by atoms with Crippen molar-refractivity contribution < 1.29 is 14.1 Å². The molecule has 1 saturated carbocycles. The molecule has 5 rings (SSSR count). The first-order valence-electron chi connectivity index (χ1n) is 11.2. The normalized spacial score (nSPS) is 20.8. The summed E-state index contributed by atoms with van der Waals surface area (Å²) in [5.41, 5.74) is 3.49. The van der Waals surface area contributed by atoms with Crippen molar-refractivity contribution in [3.05, 3.63) is 64.5 Å². The van der Waals surface area contributed by atoms with E-state index < -0.39 is 0 Å². The van der Waals surface area contributed by atoms with Gasteiger partial charge in [0.2, 0.25) is 17.6 Å². The number of benzene rings is 2. The summed E-state index contributed by atoms with van der Waals surface area (Å²) >= 11 is 6.08. The molecule has 0 bridgehead atoms. The van der Waals surface area contributed by atoms with E-state index in [2.05, 4.69) is 10.1 Å². The molecule has 7 nitrogen and oxygen atoms in total. The van der Waals surface area contributed by atoms with Gasteiger partial charge in [-0.05, 0) is 62.1 Å². The van der Waals surface area contributed by atoms with E-state index in [1.165, 1.54) is 4.90 Å². The van der Waals surface area contributed by atoms with Crippen LogP contribution in [0.2, 0.25) is 5.02 Å². The summed E-state index contributed by atoms with van der Waals surface area (Å²) in [7, 11) is 0. The van der Waals surface area contributed by atoms with Crippen LogP contribution in [0, 0.1) is 19.8 Å². The van der Waals surface area contributed by atoms with Gasteiger partial charge >= 0.3 is 6.03 Å². The summed E-state index contributed by atoms with van der Waals surface area (Å²) < 4.78 is 5.49. The molecule has 1 aliphatic carbocycles. The van der Waals surface area contributed by atoms with Crippen molar-refractivity contribution in [1.29, 1.82) is 0 Å². The van der Waals surface area contributed by atoms with E-state index in [9.17, 15) is 9.59 Å². The van der Waals surface area contributed by atoms with Crippen LogP contribution in [0.1, 0.15) is 42.7 Å². The molecule has 2 aliphatic rings. The number of rotatable bonds is 4. The van der Waals surface area contributed by atoms with Crippen LogP contribution in [0.4, 0.5) is 10.5 Å². The quantitative estimate of drug-likeness (QED) is 0.506. The van der Waals surface area contributed by atoms with Crippen molar-refractivity contribution in [2.75, 3.05) is 4.90 Å².